The molecule has 20 heavy (non-hydrogen) atoms. The lowest BCUT2D eigenvalue weighted by molar-refractivity contribution is 0.102. The largest absolute Gasteiger partial charge is 0.465 e. The van der Waals surface area contributed by atoms with Crippen molar-refractivity contribution in [3.8, 4) is 0 Å². The number of oxazole rings is 1. The Hall–Kier alpha value is -2.11. The maximum absolute atomic E-state index is 13.1. The van der Waals surface area contributed by atoms with Gasteiger partial charge >= 0.3 is 6.09 Å². The molecular formula is C14H15FN2O3. The van der Waals surface area contributed by atoms with Crippen LogP contribution < -0.4 is 0 Å². The summed E-state index contributed by atoms with van der Waals surface area (Å²) in [6, 6.07) is 4.21. The predicted molar refractivity (Wildman–Crippen MR) is 70.1 cm³/mol. The van der Waals surface area contributed by atoms with E-state index in [2.05, 4.69) is 4.98 Å². The number of carboxylic acid groups (broad SMARTS) is 1. The summed E-state index contributed by atoms with van der Waals surface area (Å²) < 4.78 is 18.7. The van der Waals surface area contributed by atoms with Gasteiger partial charge < -0.3 is 14.4 Å². The highest BCUT2D eigenvalue weighted by Crippen LogP contribution is 2.31. The molecule has 1 aliphatic heterocycles. The minimum Gasteiger partial charge on any atom is -0.465 e. The molecular weight excluding hydrogens is 263 g/mol. The van der Waals surface area contributed by atoms with Gasteiger partial charge in [0.25, 0.3) is 0 Å². The van der Waals surface area contributed by atoms with E-state index >= 15 is 0 Å². The van der Waals surface area contributed by atoms with Crippen LogP contribution in [0.4, 0.5) is 9.18 Å². The highest BCUT2D eigenvalue weighted by Gasteiger charge is 2.32. The lowest BCUT2D eigenvalue weighted by Gasteiger charge is -2.34. The van der Waals surface area contributed by atoms with Crippen molar-refractivity contribution in [1.29, 1.82) is 0 Å². The number of likely N-dealkylation sites (tertiary alicyclic amines) is 1. The molecule has 3 rings (SSSR count). The molecule has 0 saturated carbocycles. The molecule has 0 spiro atoms. The van der Waals surface area contributed by atoms with Gasteiger partial charge in [-0.1, -0.05) is 0 Å². The molecule has 1 N–H and O–H groups in total. The lowest BCUT2D eigenvalue weighted by Crippen LogP contribution is -2.44. The van der Waals surface area contributed by atoms with Gasteiger partial charge in [-0.15, -0.1) is 0 Å². The molecule has 6 heteroatoms. The number of halogens is 1. The van der Waals surface area contributed by atoms with Crippen molar-refractivity contribution in [2.45, 2.75) is 31.7 Å². The number of piperidine rings is 1. The average Bonchev–Trinajstić information content (AvgIpc) is 2.81. The fourth-order valence-electron chi connectivity index (χ4n) is 2.67. The second kappa shape index (κ2) is 4.77. The number of hydrogen-bond acceptors (Lipinski definition) is 3. The first kappa shape index (κ1) is 12.9. The molecule has 1 aromatic carbocycles. The summed E-state index contributed by atoms with van der Waals surface area (Å²) in [5, 5.41) is 9.17. The van der Waals surface area contributed by atoms with Gasteiger partial charge in [0, 0.05) is 18.7 Å². The van der Waals surface area contributed by atoms with Crippen molar-refractivity contribution in [3.05, 3.63) is 29.9 Å². The quantitative estimate of drug-likeness (QED) is 0.869. The van der Waals surface area contributed by atoms with Gasteiger partial charge in [0.1, 0.15) is 11.3 Å². The first-order valence-corrected chi connectivity index (χ1v) is 6.60. The van der Waals surface area contributed by atoms with E-state index in [4.69, 9.17) is 4.42 Å². The molecule has 1 aliphatic rings. The van der Waals surface area contributed by atoms with Crippen LogP contribution >= 0.6 is 0 Å². The van der Waals surface area contributed by atoms with E-state index < -0.39 is 6.09 Å². The number of hydrogen-bond donors (Lipinski definition) is 1. The Bertz CT molecular complexity index is 655. The zero-order valence-electron chi connectivity index (χ0n) is 11.0. The number of aromatic nitrogens is 1. The van der Waals surface area contributed by atoms with Crippen LogP contribution in [0.3, 0.4) is 0 Å². The Morgan fingerprint density at radius 3 is 3.05 bits per heavy atom. The van der Waals surface area contributed by atoms with E-state index in [1.807, 2.05) is 6.92 Å². The van der Waals surface area contributed by atoms with Gasteiger partial charge in [-0.05, 0) is 31.9 Å². The normalized spacial score (nSPS) is 23.2. The molecule has 1 saturated heterocycles. The van der Waals surface area contributed by atoms with E-state index in [1.165, 1.54) is 17.0 Å². The van der Waals surface area contributed by atoms with Crippen LogP contribution in [0.25, 0.3) is 11.1 Å². The summed E-state index contributed by atoms with van der Waals surface area (Å²) in [6.07, 6.45) is 0.661. The van der Waals surface area contributed by atoms with Crippen LogP contribution in [0, 0.1) is 5.82 Å². The maximum atomic E-state index is 13.1. The molecule has 1 amide bonds. The molecule has 1 aromatic heterocycles. The van der Waals surface area contributed by atoms with Crippen molar-refractivity contribution in [3.63, 3.8) is 0 Å². The van der Waals surface area contributed by atoms with Gasteiger partial charge in [-0.25, -0.2) is 14.2 Å². The van der Waals surface area contributed by atoms with E-state index in [-0.39, 0.29) is 17.8 Å². The van der Waals surface area contributed by atoms with Crippen LogP contribution in [0.2, 0.25) is 0 Å². The number of amides is 1. The number of rotatable bonds is 1. The van der Waals surface area contributed by atoms with Crippen molar-refractivity contribution in [1.82, 2.24) is 9.88 Å². The van der Waals surface area contributed by atoms with Gasteiger partial charge in [-0.2, -0.15) is 0 Å². The minimum absolute atomic E-state index is 0.00516. The maximum Gasteiger partial charge on any atom is 0.407 e. The van der Waals surface area contributed by atoms with Gasteiger partial charge in [0.2, 0.25) is 0 Å². The molecule has 1 fully saturated rings. The highest BCUT2D eigenvalue weighted by molar-refractivity contribution is 5.72. The summed E-state index contributed by atoms with van der Waals surface area (Å²) in [5.41, 5.74) is 1.00. The van der Waals surface area contributed by atoms with Crippen LogP contribution in [-0.4, -0.2) is 33.7 Å². The Labute approximate surface area is 115 Å². The van der Waals surface area contributed by atoms with Crippen molar-refractivity contribution in [2.75, 3.05) is 6.54 Å². The first-order chi connectivity index (χ1) is 9.54. The average molecular weight is 278 g/mol. The first-order valence-electron chi connectivity index (χ1n) is 6.60. The van der Waals surface area contributed by atoms with Gasteiger partial charge in [-0.3, -0.25) is 0 Å². The summed E-state index contributed by atoms with van der Waals surface area (Å²) in [4.78, 5) is 16.9. The van der Waals surface area contributed by atoms with E-state index in [0.29, 0.717) is 23.5 Å². The third kappa shape index (κ3) is 2.21. The molecule has 2 aromatic rings. The fraction of sp³-hybridized carbons (Fsp3) is 0.429. The molecule has 2 atom stereocenters. The SMILES string of the molecule is C[C@@H]1CC[C@@H](c2nc3ccc(F)cc3o2)CN1C(=O)O. The zero-order chi connectivity index (χ0) is 14.3. The van der Waals surface area contributed by atoms with Crippen LogP contribution in [-0.2, 0) is 0 Å². The second-order valence-corrected chi connectivity index (χ2v) is 5.22. The summed E-state index contributed by atoms with van der Waals surface area (Å²) in [7, 11) is 0. The standard InChI is InChI=1S/C14H15FN2O3/c1-8-2-3-9(7-17(8)14(18)19)13-16-11-5-4-10(15)6-12(11)20-13/h4-6,8-9H,2-3,7H2,1H3,(H,18,19)/t8-,9-/m1/s1. The molecule has 5 nitrogen and oxygen atoms in total. The second-order valence-electron chi connectivity index (χ2n) is 5.22. The Morgan fingerprint density at radius 2 is 2.30 bits per heavy atom. The van der Waals surface area contributed by atoms with Gasteiger partial charge in [0.05, 0.1) is 5.92 Å². The van der Waals surface area contributed by atoms with E-state index in [9.17, 15) is 14.3 Å². The number of benzene rings is 1. The van der Waals surface area contributed by atoms with E-state index in [0.717, 1.165) is 12.8 Å². The zero-order valence-corrected chi connectivity index (χ0v) is 11.0. The smallest absolute Gasteiger partial charge is 0.407 e. The van der Waals surface area contributed by atoms with E-state index in [1.54, 1.807) is 6.07 Å². The molecule has 2 heterocycles. The number of fused-ring (bicyclic) bond motifs is 1. The Kier molecular flexibility index (Phi) is 3.08. The van der Waals surface area contributed by atoms with Crippen LogP contribution in [0.15, 0.2) is 22.6 Å². The highest BCUT2D eigenvalue weighted by atomic mass is 19.1. The van der Waals surface area contributed by atoms with Crippen LogP contribution in [0.1, 0.15) is 31.6 Å². The summed E-state index contributed by atoms with van der Waals surface area (Å²) in [6.45, 7) is 2.26. The fourth-order valence-corrected chi connectivity index (χ4v) is 2.67. The third-order valence-electron chi connectivity index (χ3n) is 3.84. The van der Waals surface area contributed by atoms with Crippen LogP contribution in [0.5, 0.6) is 0 Å². The molecule has 106 valence electrons. The topological polar surface area (TPSA) is 66.6 Å². The van der Waals surface area contributed by atoms with Crippen molar-refractivity contribution >= 4 is 17.2 Å². The number of nitrogens with zero attached hydrogens (tertiary/aromatic N) is 2. The molecule has 0 radical (unpaired) electrons. The van der Waals surface area contributed by atoms with Gasteiger partial charge in [0.15, 0.2) is 11.5 Å². The van der Waals surface area contributed by atoms with Crippen molar-refractivity contribution < 1.29 is 18.7 Å². The molecule has 0 unspecified atom stereocenters. The third-order valence-corrected chi connectivity index (χ3v) is 3.84. The summed E-state index contributed by atoms with van der Waals surface area (Å²) >= 11 is 0. The molecule has 0 aliphatic carbocycles. The Balaban J connectivity index is 1.89. The van der Waals surface area contributed by atoms with Crippen molar-refractivity contribution in [2.24, 2.45) is 0 Å². The Morgan fingerprint density at radius 1 is 1.50 bits per heavy atom. The predicted octanol–water partition coefficient (Wildman–Crippen LogP) is 3.21. The lowest BCUT2D eigenvalue weighted by atomic mass is 9.94. The minimum atomic E-state index is -0.927. The monoisotopic (exact) mass is 278 g/mol. The summed E-state index contributed by atoms with van der Waals surface area (Å²) in [5.74, 6) is 0.0474. The molecule has 0 bridgehead atoms. The number of carbonyl (C=O) groups is 1.